The molecular formula is C19H20BrN5O. The third kappa shape index (κ3) is 3.10. The second-order valence-corrected chi connectivity index (χ2v) is 7.60. The van der Waals surface area contributed by atoms with Crippen LogP contribution >= 0.6 is 15.9 Å². The molecule has 0 saturated carbocycles. The maximum absolute atomic E-state index is 9.14. The summed E-state index contributed by atoms with van der Waals surface area (Å²) < 4.78 is 6.01. The number of aromatic nitrogens is 2. The molecule has 26 heavy (non-hydrogen) atoms. The van der Waals surface area contributed by atoms with Gasteiger partial charge in [0.2, 0.25) is 5.95 Å². The first-order chi connectivity index (χ1) is 12.7. The molecule has 2 unspecified atom stereocenters. The van der Waals surface area contributed by atoms with Crippen LogP contribution in [0, 0.1) is 17.2 Å². The molecule has 2 saturated heterocycles. The first kappa shape index (κ1) is 17.1. The van der Waals surface area contributed by atoms with Crippen LogP contribution in [-0.4, -0.2) is 42.8 Å². The zero-order chi connectivity index (χ0) is 18.1. The quantitative estimate of drug-likeness (QED) is 0.769. The summed E-state index contributed by atoms with van der Waals surface area (Å²) in [6.07, 6.45) is 5.80. The molecule has 0 aliphatic carbocycles. The third-order valence-electron chi connectivity index (χ3n) is 5.40. The minimum absolute atomic E-state index is 0.439. The van der Waals surface area contributed by atoms with Crippen molar-refractivity contribution in [2.45, 2.75) is 18.9 Å². The summed E-state index contributed by atoms with van der Waals surface area (Å²) in [7, 11) is 1.62. The number of benzene rings is 1. The van der Waals surface area contributed by atoms with E-state index < -0.39 is 0 Å². The molecular weight excluding hydrogens is 394 g/mol. The lowest BCUT2D eigenvalue weighted by molar-refractivity contribution is 0.386. The average Bonchev–Trinajstić information content (AvgIpc) is 3.11. The van der Waals surface area contributed by atoms with Crippen LogP contribution in [0.1, 0.15) is 18.4 Å². The van der Waals surface area contributed by atoms with Crippen molar-refractivity contribution in [2.24, 2.45) is 5.92 Å². The third-order valence-corrected chi connectivity index (χ3v) is 6.06. The van der Waals surface area contributed by atoms with E-state index >= 15 is 0 Å². The molecule has 7 heteroatoms. The summed E-state index contributed by atoms with van der Waals surface area (Å²) in [5.74, 6) is 2.13. The highest BCUT2D eigenvalue weighted by Gasteiger charge is 2.39. The number of methoxy groups -OCH3 is 1. The highest BCUT2D eigenvalue weighted by molar-refractivity contribution is 9.10. The van der Waals surface area contributed by atoms with E-state index in [2.05, 4.69) is 53.9 Å². The second-order valence-electron chi connectivity index (χ2n) is 6.74. The van der Waals surface area contributed by atoms with E-state index in [1.54, 1.807) is 19.5 Å². The van der Waals surface area contributed by atoms with Crippen molar-refractivity contribution in [3.8, 4) is 11.8 Å². The largest absolute Gasteiger partial charge is 0.494 e. The Morgan fingerprint density at radius 3 is 2.69 bits per heavy atom. The molecule has 4 rings (SSSR count). The summed E-state index contributed by atoms with van der Waals surface area (Å²) >= 11 is 3.51. The highest BCUT2D eigenvalue weighted by Crippen LogP contribution is 2.37. The van der Waals surface area contributed by atoms with E-state index in [0.29, 0.717) is 23.3 Å². The average molecular weight is 414 g/mol. The molecule has 3 heterocycles. The van der Waals surface area contributed by atoms with Gasteiger partial charge in [-0.2, -0.15) is 5.26 Å². The molecule has 134 valence electrons. The minimum Gasteiger partial charge on any atom is -0.494 e. The molecule has 0 bridgehead atoms. The molecule has 1 aromatic heterocycles. The van der Waals surface area contributed by atoms with Crippen molar-refractivity contribution in [2.75, 3.05) is 36.5 Å². The first-order valence-corrected chi connectivity index (χ1v) is 9.56. The van der Waals surface area contributed by atoms with Crippen molar-refractivity contribution in [1.82, 2.24) is 9.97 Å². The maximum Gasteiger partial charge on any atom is 0.225 e. The Kier molecular flexibility index (Phi) is 4.68. The number of piperidine rings is 1. The minimum atomic E-state index is 0.439. The fourth-order valence-corrected chi connectivity index (χ4v) is 4.45. The summed E-state index contributed by atoms with van der Waals surface area (Å²) in [5.41, 5.74) is 1.84. The van der Waals surface area contributed by atoms with E-state index in [0.717, 1.165) is 36.5 Å². The van der Waals surface area contributed by atoms with Gasteiger partial charge in [-0.05, 0) is 52.9 Å². The van der Waals surface area contributed by atoms with Gasteiger partial charge in [0, 0.05) is 35.8 Å². The molecule has 0 N–H and O–H groups in total. The van der Waals surface area contributed by atoms with E-state index in [4.69, 9.17) is 10.00 Å². The number of halogens is 1. The van der Waals surface area contributed by atoms with Gasteiger partial charge < -0.3 is 14.5 Å². The van der Waals surface area contributed by atoms with Crippen LogP contribution < -0.4 is 14.5 Å². The SMILES string of the molecule is COc1cnc(N2CCC3CCN(c4ccc(C#N)c(Br)c4)C3C2)nc1. The Morgan fingerprint density at radius 2 is 2.00 bits per heavy atom. The van der Waals surface area contributed by atoms with Gasteiger partial charge >= 0.3 is 0 Å². The van der Waals surface area contributed by atoms with Crippen LogP contribution in [0.4, 0.5) is 11.6 Å². The Hall–Kier alpha value is -2.33. The van der Waals surface area contributed by atoms with Crippen LogP contribution in [0.2, 0.25) is 0 Å². The number of anilines is 2. The number of nitrogens with zero attached hydrogens (tertiary/aromatic N) is 5. The first-order valence-electron chi connectivity index (χ1n) is 8.77. The molecule has 2 aliphatic rings. The number of hydrogen-bond donors (Lipinski definition) is 0. The van der Waals surface area contributed by atoms with Crippen LogP contribution in [0.5, 0.6) is 5.75 Å². The van der Waals surface area contributed by atoms with Crippen LogP contribution in [0.25, 0.3) is 0 Å². The van der Waals surface area contributed by atoms with Crippen LogP contribution in [-0.2, 0) is 0 Å². The Morgan fingerprint density at radius 1 is 1.23 bits per heavy atom. The number of fused-ring (bicyclic) bond motifs is 1. The lowest BCUT2D eigenvalue weighted by atomic mass is 9.92. The maximum atomic E-state index is 9.14. The number of rotatable bonds is 3. The topological polar surface area (TPSA) is 65.3 Å². The van der Waals surface area contributed by atoms with Crippen LogP contribution in [0.15, 0.2) is 35.1 Å². The normalized spacial score (nSPS) is 22.0. The zero-order valence-corrected chi connectivity index (χ0v) is 16.2. The number of nitriles is 1. The molecule has 2 aliphatic heterocycles. The van der Waals surface area contributed by atoms with Gasteiger partial charge in [0.05, 0.1) is 25.1 Å². The van der Waals surface area contributed by atoms with Gasteiger partial charge in [-0.1, -0.05) is 0 Å². The van der Waals surface area contributed by atoms with E-state index in [9.17, 15) is 0 Å². The van der Waals surface area contributed by atoms with Gasteiger partial charge in [-0.3, -0.25) is 0 Å². The summed E-state index contributed by atoms with van der Waals surface area (Å²) in [6, 6.07) is 8.64. The molecule has 0 amide bonds. The zero-order valence-electron chi connectivity index (χ0n) is 14.6. The van der Waals surface area contributed by atoms with Crippen molar-refractivity contribution in [1.29, 1.82) is 5.26 Å². The molecule has 0 radical (unpaired) electrons. The molecule has 2 aromatic rings. The molecule has 2 atom stereocenters. The van der Waals surface area contributed by atoms with Crippen molar-refractivity contribution in [3.63, 3.8) is 0 Å². The molecule has 1 aromatic carbocycles. The van der Waals surface area contributed by atoms with E-state index in [-0.39, 0.29) is 0 Å². The van der Waals surface area contributed by atoms with Crippen molar-refractivity contribution in [3.05, 3.63) is 40.6 Å². The van der Waals surface area contributed by atoms with E-state index in [1.165, 1.54) is 12.1 Å². The summed E-state index contributed by atoms with van der Waals surface area (Å²) in [4.78, 5) is 13.6. The summed E-state index contributed by atoms with van der Waals surface area (Å²) in [6.45, 7) is 2.94. The van der Waals surface area contributed by atoms with Crippen LogP contribution in [0.3, 0.4) is 0 Å². The molecule has 6 nitrogen and oxygen atoms in total. The van der Waals surface area contributed by atoms with Crippen molar-refractivity contribution >= 4 is 27.6 Å². The van der Waals surface area contributed by atoms with Gasteiger partial charge in [0.15, 0.2) is 5.75 Å². The van der Waals surface area contributed by atoms with Crippen molar-refractivity contribution < 1.29 is 4.74 Å². The monoisotopic (exact) mass is 413 g/mol. The fourth-order valence-electron chi connectivity index (χ4n) is 3.99. The lowest BCUT2D eigenvalue weighted by Gasteiger charge is -2.39. The number of ether oxygens (including phenoxy) is 1. The van der Waals surface area contributed by atoms with Gasteiger partial charge in [0.1, 0.15) is 6.07 Å². The lowest BCUT2D eigenvalue weighted by Crippen LogP contribution is -2.48. The second kappa shape index (κ2) is 7.12. The van der Waals surface area contributed by atoms with Gasteiger partial charge in [-0.15, -0.1) is 0 Å². The standard InChI is InChI=1S/C19H20BrN5O/c1-26-16-10-22-19(23-11-16)24-6-4-13-5-7-25(18(13)12-24)15-3-2-14(9-21)17(20)8-15/h2-3,8,10-11,13,18H,4-7,12H2,1H3. The molecule has 0 spiro atoms. The Labute approximate surface area is 161 Å². The van der Waals surface area contributed by atoms with Gasteiger partial charge in [-0.25, -0.2) is 9.97 Å². The highest BCUT2D eigenvalue weighted by atomic mass is 79.9. The predicted octanol–water partition coefficient (Wildman–Crippen LogP) is 3.22. The number of hydrogen-bond acceptors (Lipinski definition) is 6. The Balaban J connectivity index is 1.55. The molecule has 2 fully saturated rings. The fraction of sp³-hybridized carbons (Fsp3) is 0.421. The summed E-state index contributed by atoms with van der Waals surface area (Å²) in [5, 5.41) is 9.14. The predicted molar refractivity (Wildman–Crippen MR) is 104 cm³/mol. The smallest absolute Gasteiger partial charge is 0.225 e. The van der Waals surface area contributed by atoms with E-state index in [1.807, 2.05) is 6.07 Å². The van der Waals surface area contributed by atoms with Gasteiger partial charge in [0.25, 0.3) is 0 Å². The Bertz CT molecular complexity index is 835.